The number of hydrogen-bond acceptors (Lipinski definition) is 4. The summed E-state index contributed by atoms with van der Waals surface area (Å²) in [6.45, 7) is 3.55. The second kappa shape index (κ2) is 5.90. The molecular weight excluding hydrogens is 280 g/mol. The molecule has 7 heteroatoms. The van der Waals surface area contributed by atoms with Gasteiger partial charge in [-0.25, -0.2) is 13.1 Å². The van der Waals surface area contributed by atoms with Gasteiger partial charge in [0.15, 0.2) is 0 Å². The largest absolute Gasteiger partial charge is 0.375 e. The maximum Gasteiger partial charge on any atom is 0.254 e. The van der Waals surface area contributed by atoms with Crippen LogP contribution in [0.15, 0.2) is 29.2 Å². The lowest BCUT2D eigenvalue weighted by Crippen LogP contribution is -2.44. The molecule has 2 rings (SSSR count). The van der Waals surface area contributed by atoms with Gasteiger partial charge in [0.2, 0.25) is 10.0 Å². The maximum absolute atomic E-state index is 12.3. The first kappa shape index (κ1) is 15.0. The number of nitrogens with zero attached hydrogens (tertiary/aromatic N) is 1. The summed E-state index contributed by atoms with van der Waals surface area (Å²) < 4.78 is 30.8. The third kappa shape index (κ3) is 3.17. The molecule has 1 fully saturated rings. The van der Waals surface area contributed by atoms with Crippen LogP contribution >= 0.6 is 0 Å². The molecule has 0 bridgehead atoms. The molecule has 0 aromatic heterocycles. The van der Waals surface area contributed by atoms with Crippen molar-refractivity contribution >= 4 is 15.9 Å². The molecule has 0 saturated carbocycles. The van der Waals surface area contributed by atoms with E-state index in [1.807, 2.05) is 6.92 Å². The lowest BCUT2D eigenvalue weighted by molar-refractivity contribution is -0.0124. The highest BCUT2D eigenvalue weighted by Gasteiger charge is 2.22. The summed E-state index contributed by atoms with van der Waals surface area (Å²) in [6, 6.07) is 5.94. The van der Waals surface area contributed by atoms with Crippen LogP contribution in [0.5, 0.6) is 0 Å². The number of carbonyl (C=O) groups is 1. The normalized spacial score (nSPS) is 19.9. The van der Waals surface area contributed by atoms with E-state index in [1.165, 1.54) is 31.3 Å². The number of sulfonamides is 1. The first-order valence-electron chi connectivity index (χ1n) is 6.38. The van der Waals surface area contributed by atoms with Crippen LogP contribution in [0.4, 0.5) is 0 Å². The zero-order valence-electron chi connectivity index (χ0n) is 11.5. The minimum Gasteiger partial charge on any atom is -0.375 e. The number of amides is 1. The molecule has 1 aliphatic heterocycles. The van der Waals surface area contributed by atoms with Gasteiger partial charge in [-0.1, -0.05) is 0 Å². The van der Waals surface area contributed by atoms with Crippen LogP contribution in [0, 0.1) is 0 Å². The predicted octanol–water partition coefficient (Wildman–Crippen LogP) is 0.456. The van der Waals surface area contributed by atoms with Crippen LogP contribution in [0.25, 0.3) is 0 Å². The van der Waals surface area contributed by atoms with Crippen LogP contribution < -0.4 is 4.72 Å². The molecule has 1 saturated heterocycles. The first-order chi connectivity index (χ1) is 9.44. The molecule has 1 amide bonds. The number of ether oxygens (including phenoxy) is 1. The van der Waals surface area contributed by atoms with Crippen molar-refractivity contribution < 1.29 is 17.9 Å². The van der Waals surface area contributed by atoms with Crippen molar-refractivity contribution in [1.82, 2.24) is 9.62 Å². The molecule has 1 heterocycles. The second-order valence-corrected chi connectivity index (χ2v) is 6.55. The molecule has 1 aromatic rings. The van der Waals surface area contributed by atoms with Gasteiger partial charge < -0.3 is 9.64 Å². The summed E-state index contributed by atoms with van der Waals surface area (Å²) in [7, 11) is -2.12. The van der Waals surface area contributed by atoms with Crippen molar-refractivity contribution in [2.24, 2.45) is 0 Å². The van der Waals surface area contributed by atoms with E-state index in [4.69, 9.17) is 4.74 Å². The molecule has 110 valence electrons. The molecule has 0 aliphatic carbocycles. The van der Waals surface area contributed by atoms with Crippen LogP contribution in [-0.2, 0) is 14.8 Å². The smallest absolute Gasteiger partial charge is 0.254 e. The van der Waals surface area contributed by atoms with Gasteiger partial charge in [-0.2, -0.15) is 0 Å². The summed E-state index contributed by atoms with van der Waals surface area (Å²) in [6.07, 6.45) is 0.0247. The van der Waals surface area contributed by atoms with E-state index in [9.17, 15) is 13.2 Å². The highest BCUT2D eigenvalue weighted by molar-refractivity contribution is 7.89. The third-order valence-electron chi connectivity index (χ3n) is 3.21. The molecule has 1 N–H and O–H groups in total. The molecule has 1 atom stereocenters. The maximum atomic E-state index is 12.3. The Morgan fingerprint density at radius 3 is 2.55 bits per heavy atom. The Morgan fingerprint density at radius 2 is 2.00 bits per heavy atom. The van der Waals surface area contributed by atoms with Crippen LogP contribution in [0.1, 0.15) is 17.3 Å². The fourth-order valence-electron chi connectivity index (χ4n) is 2.08. The van der Waals surface area contributed by atoms with Crippen LogP contribution in [0.2, 0.25) is 0 Å². The highest BCUT2D eigenvalue weighted by Crippen LogP contribution is 2.14. The van der Waals surface area contributed by atoms with Crippen molar-refractivity contribution in [3.8, 4) is 0 Å². The zero-order valence-corrected chi connectivity index (χ0v) is 12.3. The minimum atomic E-state index is -3.47. The van der Waals surface area contributed by atoms with Crippen LogP contribution in [-0.4, -0.2) is 52.1 Å². The summed E-state index contributed by atoms with van der Waals surface area (Å²) in [5.41, 5.74) is 0.481. The van der Waals surface area contributed by atoms with E-state index in [0.29, 0.717) is 25.3 Å². The topological polar surface area (TPSA) is 75.7 Å². The van der Waals surface area contributed by atoms with Gasteiger partial charge in [-0.15, -0.1) is 0 Å². The minimum absolute atomic E-state index is 0.0247. The Labute approximate surface area is 118 Å². The van der Waals surface area contributed by atoms with Gasteiger partial charge >= 0.3 is 0 Å². The standard InChI is InChI=1S/C13H18N2O4S/c1-10-9-15(7-8-19-10)13(16)11-3-5-12(6-4-11)20(17,18)14-2/h3-6,10,14H,7-9H2,1-2H3. The van der Waals surface area contributed by atoms with Gasteiger partial charge in [0.05, 0.1) is 17.6 Å². The van der Waals surface area contributed by atoms with Gasteiger partial charge in [-0.3, -0.25) is 4.79 Å². The van der Waals surface area contributed by atoms with Gasteiger partial charge in [0, 0.05) is 18.7 Å². The fraction of sp³-hybridized carbons (Fsp3) is 0.462. The number of morpholine rings is 1. The van der Waals surface area contributed by atoms with Crippen LogP contribution in [0.3, 0.4) is 0 Å². The predicted molar refractivity (Wildman–Crippen MR) is 74.0 cm³/mol. The average molecular weight is 298 g/mol. The molecule has 20 heavy (non-hydrogen) atoms. The number of nitrogens with one attached hydrogen (secondary N) is 1. The molecular formula is C13H18N2O4S. The average Bonchev–Trinajstić information content (AvgIpc) is 2.46. The van der Waals surface area contributed by atoms with Gasteiger partial charge in [-0.05, 0) is 38.2 Å². The van der Waals surface area contributed by atoms with E-state index >= 15 is 0 Å². The molecule has 0 radical (unpaired) electrons. The van der Waals surface area contributed by atoms with E-state index in [1.54, 1.807) is 4.90 Å². The quantitative estimate of drug-likeness (QED) is 0.879. The Kier molecular flexibility index (Phi) is 4.42. The lowest BCUT2D eigenvalue weighted by atomic mass is 10.2. The number of hydrogen-bond donors (Lipinski definition) is 1. The first-order valence-corrected chi connectivity index (χ1v) is 7.87. The van der Waals surface area contributed by atoms with Gasteiger partial charge in [0.25, 0.3) is 5.91 Å². The molecule has 0 spiro atoms. The number of carbonyl (C=O) groups excluding carboxylic acids is 1. The van der Waals surface area contributed by atoms with Crippen molar-refractivity contribution in [3.63, 3.8) is 0 Å². The van der Waals surface area contributed by atoms with E-state index in [2.05, 4.69) is 4.72 Å². The molecule has 1 aromatic carbocycles. The molecule has 1 unspecified atom stereocenters. The van der Waals surface area contributed by atoms with Crippen molar-refractivity contribution in [3.05, 3.63) is 29.8 Å². The van der Waals surface area contributed by atoms with Crippen molar-refractivity contribution in [1.29, 1.82) is 0 Å². The van der Waals surface area contributed by atoms with Crippen molar-refractivity contribution in [2.75, 3.05) is 26.7 Å². The van der Waals surface area contributed by atoms with Crippen molar-refractivity contribution in [2.45, 2.75) is 17.9 Å². The lowest BCUT2D eigenvalue weighted by Gasteiger charge is -2.31. The monoisotopic (exact) mass is 298 g/mol. The highest BCUT2D eigenvalue weighted by atomic mass is 32.2. The van der Waals surface area contributed by atoms with E-state index < -0.39 is 10.0 Å². The third-order valence-corrected chi connectivity index (χ3v) is 4.64. The summed E-state index contributed by atoms with van der Waals surface area (Å²) in [4.78, 5) is 14.1. The molecule has 1 aliphatic rings. The Balaban J connectivity index is 2.16. The number of benzene rings is 1. The summed E-state index contributed by atoms with van der Waals surface area (Å²) in [5.74, 6) is -0.103. The second-order valence-electron chi connectivity index (χ2n) is 4.66. The molecule has 6 nitrogen and oxygen atoms in total. The number of rotatable bonds is 3. The van der Waals surface area contributed by atoms with E-state index in [-0.39, 0.29) is 16.9 Å². The summed E-state index contributed by atoms with van der Waals surface area (Å²) in [5, 5.41) is 0. The Bertz CT molecular complexity index is 583. The summed E-state index contributed by atoms with van der Waals surface area (Å²) >= 11 is 0. The van der Waals surface area contributed by atoms with E-state index in [0.717, 1.165) is 0 Å². The Hall–Kier alpha value is -1.44. The fourth-order valence-corrected chi connectivity index (χ4v) is 2.81. The Morgan fingerprint density at radius 1 is 1.35 bits per heavy atom. The van der Waals surface area contributed by atoms with Gasteiger partial charge in [0.1, 0.15) is 0 Å². The zero-order chi connectivity index (χ0) is 14.8. The SMILES string of the molecule is CNS(=O)(=O)c1ccc(C(=O)N2CCOC(C)C2)cc1.